The van der Waals surface area contributed by atoms with Gasteiger partial charge in [-0.1, -0.05) is 24.3 Å². The van der Waals surface area contributed by atoms with Crippen LogP contribution in [0.5, 0.6) is 0 Å². The lowest BCUT2D eigenvalue weighted by Crippen LogP contribution is -2.07. The van der Waals surface area contributed by atoms with Gasteiger partial charge >= 0.3 is 0 Å². The first-order chi connectivity index (χ1) is 5.47. The Morgan fingerprint density at radius 1 is 1.18 bits per heavy atom. The molecule has 0 saturated carbocycles. The smallest absolute Gasteiger partial charge is 0.0182 e. The number of nitrogens with one attached hydrogen (secondary N) is 1. The van der Waals surface area contributed by atoms with E-state index in [0.717, 1.165) is 13.0 Å². The average molecular weight is 145 g/mol. The molecule has 1 aliphatic rings. The van der Waals surface area contributed by atoms with Crippen molar-refractivity contribution in [3.63, 3.8) is 0 Å². The molecule has 0 unspecified atom stereocenters. The normalized spacial score (nSPS) is 14.9. The van der Waals surface area contributed by atoms with E-state index < -0.39 is 0 Å². The van der Waals surface area contributed by atoms with Crippen LogP contribution in [0.4, 0.5) is 0 Å². The van der Waals surface area contributed by atoms with Crippen molar-refractivity contribution in [2.45, 2.75) is 6.42 Å². The monoisotopic (exact) mass is 145 g/mol. The summed E-state index contributed by atoms with van der Waals surface area (Å²) in [5.41, 5.74) is 2.78. The summed E-state index contributed by atoms with van der Waals surface area (Å²) in [6.07, 6.45) is 5.28. The first-order valence-corrected chi connectivity index (χ1v) is 3.95. The van der Waals surface area contributed by atoms with Gasteiger partial charge < -0.3 is 5.32 Å². The van der Waals surface area contributed by atoms with Crippen LogP contribution in [-0.4, -0.2) is 6.54 Å². The van der Waals surface area contributed by atoms with Gasteiger partial charge in [0.1, 0.15) is 0 Å². The molecule has 0 saturated heterocycles. The highest BCUT2D eigenvalue weighted by Crippen LogP contribution is 2.12. The molecule has 0 atom stereocenters. The summed E-state index contributed by atoms with van der Waals surface area (Å²) >= 11 is 0. The van der Waals surface area contributed by atoms with Gasteiger partial charge in [0.15, 0.2) is 0 Å². The third-order valence-electron chi connectivity index (χ3n) is 1.97. The van der Waals surface area contributed by atoms with E-state index in [2.05, 4.69) is 35.7 Å². The number of rotatable bonds is 0. The zero-order chi connectivity index (χ0) is 7.52. The van der Waals surface area contributed by atoms with Crippen LogP contribution in [0.1, 0.15) is 11.1 Å². The quantitative estimate of drug-likeness (QED) is 0.587. The molecule has 2 rings (SSSR count). The van der Waals surface area contributed by atoms with Crippen LogP contribution in [0.3, 0.4) is 0 Å². The van der Waals surface area contributed by atoms with Gasteiger partial charge in [-0.15, -0.1) is 0 Å². The lowest BCUT2D eigenvalue weighted by Gasteiger charge is -2.00. The van der Waals surface area contributed by atoms with E-state index in [0.29, 0.717) is 0 Å². The molecule has 1 N–H and O–H groups in total. The minimum Gasteiger partial charge on any atom is -0.391 e. The van der Waals surface area contributed by atoms with E-state index in [-0.39, 0.29) is 0 Å². The second-order valence-electron chi connectivity index (χ2n) is 2.74. The highest BCUT2D eigenvalue weighted by atomic mass is 14.8. The Bertz CT molecular complexity index is 276. The molecule has 0 amide bonds. The van der Waals surface area contributed by atoms with E-state index in [1.54, 1.807) is 0 Å². The third kappa shape index (κ3) is 1.27. The Labute approximate surface area is 66.7 Å². The van der Waals surface area contributed by atoms with Gasteiger partial charge in [0.05, 0.1) is 0 Å². The number of fused-ring (bicyclic) bond motifs is 1. The molecule has 0 aliphatic carbocycles. The molecule has 1 heterocycles. The summed E-state index contributed by atoms with van der Waals surface area (Å²) in [4.78, 5) is 0. The van der Waals surface area contributed by atoms with E-state index in [1.165, 1.54) is 11.1 Å². The lowest BCUT2D eigenvalue weighted by molar-refractivity contribution is 0.843. The highest BCUT2D eigenvalue weighted by molar-refractivity contribution is 5.54. The third-order valence-corrected chi connectivity index (χ3v) is 1.97. The fraction of sp³-hybridized carbons (Fsp3) is 0.200. The van der Waals surface area contributed by atoms with Crippen molar-refractivity contribution in [3.05, 3.63) is 41.6 Å². The molecule has 0 radical (unpaired) electrons. The van der Waals surface area contributed by atoms with Crippen molar-refractivity contribution in [1.82, 2.24) is 5.32 Å². The van der Waals surface area contributed by atoms with Crippen molar-refractivity contribution in [2.75, 3.05) is 6.54 Å². The van der Waals surface area contributed by atoms with Gasteiger partial charge in [0.25, 0.3) is 0 Å². The second-order valence-corrected chi connectivity index (χ2v) is 2.74. The summed E-state index contributed by atoms with van der Waals surface area (Å²) in [6, 6.07) is 8.51. The van der Waals surface area contributed by atoms with Crippen LogP contribution in [0.25, 0.3) is 6.08 Å². The summed E-state index contributed by atoms with van der Waals surface area (Å²) < 4.78 is 0. The maximum absolute atomic E-state index is 3.21. The molecule has 1 heteroatoms. The van der Waals surface area contributed by atoms with Gasteiger partial charge in [0, 0.05) is 6.54 Å². The number of benzene rings is 1. The number of hydrogen-bond donors (Lipinski definition) is 1. The Balaban J connectivity index is 2.45. The Hall–Kier alpha value is -1.24. The maximum Gasteiger partial charge on any atom is 0.0182 e. The van der Waals surface area contributed by atoms with Crippen molar-refractivity contribution in [3.8, 4) is 0 Å². The summed E-state index contributed by atoms with van der Waals surface area (Å²) in [7, 11) is 0. The van der Waals surface area contributed by atoms with Crippen molar-refractivity contribution in [2.24, 2.45) is 0 Å². The van der Waals surface area contributed by atoms with E-state index in [4.69, 9.17) is 0 Å². The topological polar surface area (TPSA) is 12.0 Å². The van der Waals surface area contributed by atoms with Crippen LogP contribution in [0.2, 0.25) is 0 Å². The van der Waals surface area contributed by atoms with Gasteiger partial charge in [-0.05, 0) is 29.8 Å². The van der Waals surface area contributed by atoms with Gasteiger partial charge in [-0.25, -0.2) is 0 Å². The predicted octanol–water partition coefficient (Wildman–Crippen LogP) is 1.80. The predicted molar refractivity (Wildman–Crippen MR) is 47.2 cm³/mol. The zero-order valence-electron chi connectivity index (χ0n) is 6.38. The molecule has 0 spiro atoms. The summed E-state index contributed by atoms with van der Waals surface area (Å²) in [6.45, 7) is 1.05. The van der Waals surface area contributed by atoms with Crippen molar-refractivity contribution in [1.29, 1.82) is 0 Å². The van der Waals surface area contributed by atoms with Crippen LogP contribution in [0, 0.1) is 0 Å². The average Bonchev–Trinajstić information content (AvgIpc) is 2.28. The second kappa shape index (κ2) is 2.79. The van der Waals surface area contributed by atoms with Crippen molar-refractivity contribution >= 4 is 6.08 Å². The fourth-order valence-electron chi connectivity index (χ4n) is 1.36. The molecular formula is C10H11N. The molecule has 0 bridgehead atoms. The molecular weight excluding hydrogens is 134 g/mol. The molecule has 1 aromatic carbocycles. The highest BCUT2D eigenvalue weighted by Gasteiger charge is 1.99. The zero-order valence-corrected chi connectivity index (χ0v) is 6.38. The Kier molecular flexibility index (Phi) is 1.64. The molecule has 56 valence electrons. The Morgan fingerprint density at radius 3 is 3.09 bits per heavy atom. The first kappa shape index (κ1) is 6.47. The van der Waals surface area contributed by atoms with Crippen LogP contribution < -0.4 is 5.32 Å². The fourth-order valence-corrected chi connectivity index (χ4v) is 1.36. The molecule has 0 fully saturated rings. The molecule has 1 aliphatic heterocycles. The van der Waals surface area contributed by atoms with Gasteiger partial charge in [-0.3, -0.25) is 0 Å². The summed E-state index contributed by atoms with van der Waals surface area (Å²) in [5, 5.41) is 3.21. The van der Waals surface area contributed by atoms with Crippen LogP contribution in [0.15, 0.2) is 30.5 Å². The molecule has 0 aromatic heterocycles. The van der Waals surface area contributed by atoms with E-state index >= 15 is 0 Å². The minimum absolute atomic E-state index is 1.05. The lowest BCUT2D eigenvalue weighted by atomic mass is 10.1. The largest absolute Gasteiger partial charge is 0.391 e. The first-order valence-electron chi connectivity index (χ1n) is 3.95. The SMILES string of the molecule is C1=Cc2ccccc2CCN1. The van der Waals surface area contributed by atoms with Crippen LogP contribution in [-0.2, 0) is 6.42 Å². The van der Waals surface area contributed by atoms with Crippen molar-refractivity contribution < 1.29 is 0 Å². The maximum atomic E-state index is 3.21. The molecule has 1 nitrogen and oxygen atoms in total. The number of hydrogen-bond acceptors (Lipinski definition) is 1. The minimum atomic E-state index is 1.05. The molecule has 1 aromatic rings. The van der Waals surface area contributed by atoms with Gasteiger partial charge in [0.2, 0.25) is 0 Å². The summed E-state index contributed by atoms with van der Waals surface area (Å²) in [5.74, 6) is 0. The standard InChI is InChI=1S/C10H11N/c1-2-4-10-6-8-11-7-5-9(10)3-1/h1-5,7,11H,6,8H2. The molecule has 11 heavy (non-hydrogen) atoms. The van der Waals surface area contributed by atoms with E-state index in [1.807, 2.05) is 6.20 Å². The van der Waals surface area contributed by atoms with Crippen LogP contribution >= 0.6 is 0 Å². The van der Waals surface area contributed by atoms with Gasteiger partial charge in [-0.2, -0.15) is 0 Å². The van der Waals surface area contributed by atoms with E-state index in [9.17, 15) is 0 Å². The Morgan fingerprint density at radius 2 is 2.09 bits per heavy atom.